The van der Waals surface area contributed by atoms with E-state index in [2.05, 4.69) is 27.7 Å². The van der Waals surface area contributed by atoms with Gasteiger partial charge in [-0.15, -0.1) is 0 Å². The van der Waals surface area contributed by atoms with Crippen molar-refractivity contribution in [3.05, 3.63) is 0 Å². The average Bonchev–Trinajstić information content (AvgIpc) is 2.20. The van der Waals surface area contributed by atoms with Crippen LogP contribution in [0.15, 0.2) is 0 Å². The third kappa shape index (κ3) is 10.3. The van der Waals surface area contributed by atoms with E-state index in [0.717, 1.165) is 0 Å². The lowest BCUT2D eigenvalue weighted by Gasteiger charge is -2.24. The quantitative estimate of drug-likeness (QED) is 0.392. The Balaban J connectivity index is 3.40. The molecular formula is C15H32. The third-order valence-electron chi connectivity index (χ3n) is 3.41. The molecule has 0 saturated carbocycles. The van der Waals surface area contributed by atoms with Gasteiger partial charge in [-0.05, 0) is 18.3 Å². The van der Waals surface area contributed by atoms with Crippen LogP contribution in [-0.4, -0.2) is 0 Å². The van der Waals surface area contributed by atoms with Crippen molar-refractivity contribution in [2.75, 3.05) is 0 Å². The van der Waals surface area contributed by atoms with Crippen LogP contribution in [0.3, 0.4) is 0 Å². The molecule has 0 aliphatic carbocycles. The first kappa shape index (κ1) is 15.0. The van der Waals surface area contributed by atoms with Crippen LogP contribution in [0.25, 0.3) is 0 Å². The first-order valence-corrected chi connectivity index (χ1v) is 7.12. The second kappa shape index (κ2) is 9.24. The van der Waals surface area contributed by atoms with Crippen LogP contribution in [0.4, 0.5) is 0 Å². The van der Waals surface area contributed by atoms with Crippen LogP contribution in [0.1, 0.15) is 91.9 Å². The van der Waals surface area contributed by atoms with E-state index < -0.39 is 0 Å². The minimum atomic E-state index is 0.599. The molecule has 0 heterocycles. The van der Waals surface area contributed by atoms with Crippen molar-refractivity contribution < 1.29 is 0 Å². The highest BCUT2D eigenvalue weighted by molar-refractivity contribution is 4.68. The van der Waals surface area contributed by atoms with Crippen LogP contribution in [0.2, 0.25) is 0 Å². The maximum Gasteiger partial charge on any atom is -0.0354 e. The van der Waals surface area contributed by atoms with Gasteiger partial charge in [0.25, 0.3) is 0 Å². The maximum atomic E-state index is 2.45. The molecule has 0 aliphatic heterocycles. The molecule has 0 fully saturated rings. The Kier molecular flexibility index (Phi) is 9.24. The molecule has 0 amide bonds. The zero-order chi connectivity index (χ0) is 11.6. The van der Waals surface area contributed by atoms with E-state index >= 15 is 0 Å². The van der Waals surface area contributed by atoms with Gasteiger partial charge in [-0.3, -0.25) is 0 Å². The molecule has 0 saturated heterocycles. The van der Waals surface area contributed by atoms with Crippen LogP contribution >= 0.6 is 0 Å². The predicted octanol–water partition coefficient (Wildman–Crippen LogP) is 5.95. The summed E-state index contributed by atoms with van der Waals surface area (Å²) in [6.07, 6.45) is 14.2. The van der Waals surface area contributed by atoms with Gasteiger partial charge < -0.3 is 0 Å². The first-order valence-electron chi connectivity index (χ1n) is 7.12. The molecule has 0 aromatic carbocycles. The summed E-state index contributed by atoms with van der Waals surface area (Å²) in [4.78, 5) is 0. The van der Waals surface area contributed by atoms with Crippen molar-refractivity contribution in [2.45, 2.75) is 91.9 Å². The maximum absolute atomic E-state index is 2.45. The molecule has 0 aliphatic rings. The fourth-order valence-electron chi connectivity index (χ4n) is 2.19. The lowest BCUT2D eigenvalue weighted by Crippen LogP contribution is -2.10. The van der Waals surface area contributed by atoms with Crippen molar-refractivity contribution >= 4 is 0 Å². The van der Waals surface area contributed by atoms with Gasteiger partial charge in [-0.25, -0.2) is 0 Å². The fourth-order valence-corrected chi connectivity index (χ4v) is 2.19. The molecule has 0 heteroatoms. The standard InChI is InChI=1S/C15H32/c1-5-7-9-11-13-15(3,4)14-12-10-8-6-2/h5-14H2,1-4H3. The molecule has 0 aromatic rings. The van der Waals surface area contributed by atoms with Gasteiger partial charge in [0.15, 0.2) is 0 Å². The summed E-state index contributed by atoms with van der Waals surface area (Å²) in [6, 6.07) is 0. The molecule has 0 aromatic heterocycles. The minimum Gasteiger partial charge on any atom is -0.0654 e. The van der Waals surface area contributed by atoms with Gasteiger partial charge in [0.05, 0.1) is 0 Å². The Morgan fingerprint density at radius 3 is 1.33 bits per heavy atom. The predicted molar refractivity (Wildman–Crippen MR) is 71.3 cm³/mol. The van der Waals surface area contributed by atoms with Crippen molar-refractivity contribution in [3.8, 4) is 0 Å². The Morgan fingerprint density at radius 2 is 1.00 bits per heavy atom. The molecule has 0 atom stereocenters. The Morgan fingerprint density at radius 1 is 0.600 bits per heavy atom. The topological polar surface area (TPSA) is 0 Å². The van der Waals surface area contributed by atoms with E-state index in [1.54, 1.807) is 0 Å². The van der Waals surface area contributed by atoms with E-state index in [9.17, 15) is 0 Å². The summed E-state index contributed by atoms with van der Waals surface area (Å²) in [5.74, 6) is 0. The average molecular weight is 212 g/mol. The monoisotopic (exact) mass is 212 g/mol. The van der Waals surface area contributed by atoms with E-state index in [0.29, 0.717) is 5.41 Å². The SMILES string of the molecule is CCCCCCC(C)(C)CCCCCC. The molecule has 0 spiro atoms. The van der Waals surface area contributed by atoms with Crippen LogP contribution in [0, 0.1) is 5.41 Å². The summed E-state index contributed by atoms with van der Waals surface area (Å²) in [6.45, 7) is 9.47. The molecule has 0 nitrogen and oxygen atoms in total. The van der Waals surface area contributed by atoms with Gasteiger partial charge in [0, 0.05) is 0 Å². The number of unbranched alkanes of at least 4 members (excludes halogenated alkanes) is 6. The van der Waals surface area contributed by atoms with Crippen LogP contribution < -0.4 is 0 Å². The lowest BCUT2D eigenvalue weighted by atomic mass is 9.82. The number of hydrogen-bond donors (Lipinski definition) is 0. The van der Waals surface area contributed by atoms with E-state index in [1.807, 2.05) is 0 Å². The van der Waals surface area contributed by atoms with Gasteiger partial charge in [0.2, 0.25) is 0 Å². The summed E-state index contributed by atoms with van der Waals surface area (Å²) < 4.78 is 0. The van der Waals surface area contributed by atoms with Crippen LogP contribution in [-0.2, 0) is 0 Å². The molecule has 0 bridgehead atoms. The molecular weight excluding hydrogens is 180 g/mol. The van der Waals surface area contributed by atoms with Gasteiger partial charge in [-0.2, -0.15) is 0 Å². The van der Waals surface area contributed by atoms with Crippen molar-refractivity contribution in [1.82, 2.24) is 0 Å². The molecule has 0 radical (unpaired) electrons. The normalized spacial score (nSPS) is 12.0. The summed E-state index contributed by atoms with van der Waals surface area (Å²) in [5.41, 5.74) is 0.599. The second-order valence-electron chi connectivity index (χ2n) is 5.79. The van der Waals surface area contributed by atoms with Crippen LogP contribution in [0.5, 0.6) is 0 Å². The van der Waals surface area contributed by atoms with E-state index in [-0.39, 0.29) is 0 Å². The summed E-state index contributed by atoms with van der Waals surface area (Å²) in [5, 5.41) is 0. The Bertz CT molecular complexity index is 110. The second-order valence-corrected chi connectivity index (χ2v) is 5.79. The smallest absolute Gasteiger partial charge is 0.0354 e. The molecule has 0 N–H and O–H groups in total. The van der Waals surface area contributed by atoms with Crippen molar-refractivity contribution in [3.63, 3.8) is 0 Å². The highest BCUT2D eigenvalue weighted by Crippen LogP contribution is 2.30. The fraction of sp³-hybridized carbons (Fsp3) is 1.00. The first-order chi connectivity index (χ1) is 7.12. The van der Waals surface area contributed by atoms with E-state index in [4.69, 9.17) is 0 Å². The molecule has 92 valence electrons. The summed E-state index contributed by atoms with van der Waals surface area (Å²) >= 11 is 0. The van der Waals surface area contributed by atoms with Gasteiger partial charge in [0.1, 0.15) is 0 Å². The Hall–Kier alpha value is 0. The number of hydrogen-bond acceptors (Lipinski definition) is 0. The zero-order valence-electron chi connectivity index (χ0n) is 11.6. The molecule has 0 unspecified atom stereocenters. The summed E-state index contributed by atoms with van der Waals surface area (Å²) in [7, 11) is 0. The number of rotatable bonds is 10. The third-order valence-corrected chi connectivity index (χ3v) is 3.41. The highest BCUT2D eigenvalue weighted by atomic mass is 14.2. The Labute approximate surface area is 97.8 Å². The lowest BCUT2D eigenvalue weighted by molar-refractivity contribution is 0.283. The molecule has 0 rings (SSSR count). The van der Waals surface area contributed by atoms with Gasteiger partial charge >= 0.3 is 0 Å². The van der Waals surface area contributed by atoms with Crippen molar-refractivity contribution in [2.24, 2.45) is 5.41 Å². The zero-order valence-corrected chi connectivity index (χ0v) is 11.6. The largest absolute Gasteiger partial charge is 0.0654 e. The highest BCUT2D eigenvalue weighted by Gasteiger charge is 2.16. The van der Waals surface area contributed by atoms with Crippen molar-refractivity contribution in [1.29, 1.82) is 0 Å². The minimum absolute atomic E-state index is 0.599. The van der Waals surface area contributed by atoms with Gasteiger partial charge in [-0.1, -0.05) is 79.1 Å². The van der Waals surface area contributed by atoms with E-state index in [1.165, 1.54) is 64.2 Å². The molecule has 15 heavy (non-hydrogen) atoms.